The summed E-state index contributed by atoms with van der Waals surface area (Å²) >= 11 is 6.02. The minimum absolute atomic E-state index is 0.0782. The van der Waals surface area contributed by atoms with Crippen LogP contribution in [0.25, 0.3) is 10.8 Å². The molecular weight excluding hydrogens is 534 g/mol. The third-order valence-corrected chi connectivity index (χ3v) is 11.8. The van der Waals surface area contributed by atoms with E-state index in [9.17, 15) is 21.6 Å². The molecule has 11 heteroatoms. The van der Waals surface area contributed by atoms with Crippen LogP contribution in [-0.2, 0) is 24.5 Å². The van der Waals surface area contributed by atoms with E-state index in [1.54, 1.807) is 42.6 Å². The lowest BCUT2D eigenvalue weighted by molar-refractivity contribution is -0.130. The maximum atomic E-state index is 13.2. The van der Waals surface area contributed by atoms with Gasteiger partial charge in [0.25, 0.3) is 0 Å². The molecule has 8 nitrogen and oxygen atoms in total. The monoisotopic (exact) mass is 561 g/mol. The number of rotatable bonds is 6. The average Bonchev–Trinajstić information content (AvgIpc) is 3.03. The fourth-order valence-corrected chi connectivity index (χ4v) is 9.03. The van der Waals surface area contributed by atoms with Crippen molar-refractivity contribution in [3.05, 3.63) is 65.4 Å². The number of amides is 1. The van der Waals surface area contributed by atoms with E-state index in [-0.39, 0.29) is 36.5 Å². The summed E-state index contributed by atoms with van der Waals surface area (Å²) in [6, 6.07) is 14.0. The van der Waals surface area contributed by atoms with Crippen LogP contribution in [0.3, 0.4) is 0 Å². The first kappa shape index (κ1) is 25.9. The van der Waals surface area contributed by atoms with Crippen molar-refractivity contribution >= 4 is 53.6 Å². The third kappa shape index (κ3) is 4.82. The van der Waals surface area contributed by atoms with Gasteiger partial charge < -0.3 is 9.80 Å². The van der Waals surface area contributed by atoms with Gasteiger partial charge in [0.15, 0.2) is 19.7 Å². The number of benzene rings is 2. The fourth-order valence-electron chi connectivity index (χ4n) is 5.44. The smallest absolute Gasteiger partial charge is 0.239 e. The summed E-state index contributed by atoms with van der Waals surface area (Å²) in [7, 11) is -7.32. The van der Waals surface area contributed by atoms with Crippen LogP contribution >= 0.6 is 11.6 Å². The fraction of sp³-hybridized carbons (Fsp3) is 0.385. The molecule has 2 aromatic carbocycles. The van der Waals surface area contributed by atoms with Gasteiger partial charge in [-0.15, -0.1) is 0 Å². The van der Waals surface area contributed by atoms with E-state index in [2.05, 4.69) is 9.88 Å². The van der Waals surface area contributed by atoms with Crippen molar-refractivity contribution in [3.63, 3.8) is 0 Å². The SMILES string of the molecule is Cc1cc(N2CCC3(CC2)N(CCCS(=O)(=O)c2ccc4cc(Cl)ccc4c2)C(=O)CS3(=O)=O)ccn1. The van der Waals surface area contributed by atoms with Crippen LogP contribution in [0.5, 0.6) is 0 Å². The largest absolute Gasteiger partial charge is 0.371 e. The first-order chi connectivity index (χ1) is 17.5. The molecular formula is C26H28ClN3O5S2. The number of nitrogens with zero attached hydrogens (tertiary/aromatic N) is 3. The van der Waals surface area contributed by atoms with Gasteiger partial charge in [-0.25, -0.2) is 16.8 Å². The van der Waals surface area contributed by atoms with E-state index in [1.165, 1.54) is 4.90 Å². The number of aryl methyl sites for hydroxylation is 1. The number of carbonyl (C=O) groups excluding carboxylic acids is 1. The van der Waals surface area contributed by atoms with Gasteiger partial charge >= 0.3 is 0 Å². The van der Waals surface area contributed by atoms with Crippen molar-refractivity contribution < 1.29 is 21.6 Å². The lowest BCUT2D eigenvalue weighted by atomic mass is 10.0. The van der Waals surface area contributed by atoms with Gasteiger partial charge in [0.1, 0.15) is 10.6 Å². The maximum Gasteiger partial charge on any atom is 0.239 e. The molecule has 1 aromatic heterocycles. The molecule has 2 aliphatic rings. The molecule has 0 N–H and O–H groups in total. The molecule has 3 aromatic rings. The molecule has 0 unspecified atom stereocenters. The molecule has 0 atom stereocenters. The Morgan fingerprint density at radius 3 is 2.46 bits per heavy atom. The molecule has 5 rings (SSSR count). The highest BCUT2D eigenvalue weighted by molar-refractivity contribution is 7.94. The van der Waals surface area contributed by atoms with Crippen molar-refractivity contribution in [1.29, 1.82) is 0 Å². The molecule has 2 saturated heterocycles. The molecule has 196 valence electrons. The van der Waals surface area contributed by atoms with Gasteiger partial charge in [-0.05, 0) is 60.5 Å². The number of anilines is 1. The first-order valence-corrected chi connectivity index (χ1v) is 15.8. The van der Waals surface area contributed by atoms with Gasteiger partial charge in [-0.3, -0.25) is 9.78 Å². The zero-order valence-corrected chi connectivity index (χ0v) is 22.8. The second-order valence-corrected chi connectivity index (χ2v) is 14.5. The summed E-state index contributed by atoms with van der Waals surface area (Å²) in [5.41, 5.74) is 1.85. The highest BCUT2D eigenvalue weighted by Crippen LogP contribution is 2.41. The Morgan fingerprint density at radius 1 is 1.03 bits per heavy atom. The molecule has 0 saturated carbocycles. The molecule has 0 aliphatic carbocycles. The average molecular weight is 562 g/mol. The van der Waals surface area contributed by atoms with Crippen molar-refractivity contribution in [2.45, 2.75) is 36.0 Å². The Balaban J connectivity index is 1.30. The summed E-state index contributed by atoms with van der Waals surface area (Å²) in [4.78, 5) is 19.5. The number of hydrogen-bond donors (Lipinski definition) is 0. The summed E-state index contributed by atoms with van der Waals surface area (Å²) in [6.07, 6.45) is 2.43. The van der Waals surface area contributed by atoms with Crippen LogP contribution in [0.1, 0.15) is 25.0 Å². The zero-order valence-electron chi connectivity index (χ0n) is 20.4. The molecule has 3 heterocycles. The summed E-state index contributed by atoms with van der Waals surface area (Å²) in [5, 5.41) is 2.18. The van der Waals surface area contributed by atoms with Crippen LogP contribution in [0.2, 0.25) is 5.02 Å². The van der Waals surface area contributed by atoms with Crippen LogP contribution in [0.15, 0.2) is 59.6 Å². The van der Waals surface area contributed by atoms with Gasteiger partial charge in [0, 0.05) is 55.1 Å². The molecule has 2 fully saturated rings. The third-order valence-electron chi connectivity index (χ3n) is 7.40. The molecule has 0 bridgehead atoms. The van der Waals surface area contributed by atoms with Crippen LogP contribution in [0, 0.1) is 6.92 Å². The number of carbonyl (C=O) groups is 1. The Hall–Kier alpha value is -2.69. The van der Waals surface area contributed by atoms with Crippen molar-refractivity contribution in [1.82, 2.24) is 9.88 Å². The Kier molecular flexibility index (Phi) is 6.70. The van der Waals surface area contributed by atoms with Crippen LogP contribution in [-0.4, -0.2) is 68.6 Å². The normalized spacial score (nSPS) is 19.1. The second-order valence-electron chi connectivity index (χ2n) is 9.72. The van der Waals surface area contributed by atoms with Crippen LogP contribution < -0.4 is 4.90 Å². The minimum Gasteiger partial charge on any atom is -0.371 e. The Bertz CT molecular complexity index is 1580. The molecule has 2 aliphatic heterocycles. The molecule has 0 radical (unpaired) electrons. The van der Waals surface area contributed by atoms with Crippen LogP contribution in [0.4, 0.5) is 5.69 Å². The highest BCUT2D eigenvalue weighted by atomic mass is 35.5. The second kappa shape index (κ2) is 9.56. The maximum absolute atomic E-state index is 13.2. The minimum atomic E-state index is -3.69. The number of fused-ring (bicyclic) bond motifs is 1. The Labute approximate surface area is 222 Å². The van der Waals surface area contributed by atoms with E-state index >= 15 is 0 Å². The van der Waals surface area contributed by atoms with Gasteiger partial charge in [0.2, 0.25) is 5.91 Å². The van der Waals surface area contributed by atoms with E-state index in [0.717, 1.165) is 22.2 Å². The number of sulfone groups is 2. The van der Waals surface area contributed by atoms with Crippen molar-refractivity contribution in [2.75, 3.05) is 36.0 Å². The quantitative estimate of drug-likeness (QED) is 0.452. The summed E-state index contributed by atoms with van der Waals surface area (Å²) in [5.74, 6) is -1.16. The lowest BCUT2D eigenvalue weighted by Crippen LogP contribution is -2.56. The summed E-state index contributed by atoms with van der Waals surface area (Å²) in [6.45, 7) is 2.94. The van der Waals surface area contributed by atoms with Gasteiger partial charge in [-0.2, -0.15) is 0 Å². The number of hydrogen-bond acceptors (Lipinski definition) is 7. The Morgan fingerprint density at radius 2 is 1.73 bits per heavy atom. The van der Waals surface area contributed by atoms with E-state index in [1.807, 2.05) is 19.1 Å². The van der Waals surface area contributed by atoms with E-state index < -0.39 is 36.2 Å². The summed E-state index contributed by atoms with van der Waals surface area (Å²) < 4.78 is 52.5. The topological polar surface area (TPSA) is 105 Å². The number of piperidine rings is 1. The number of aromatic nitrogens is 1. The highest BCUT2D eigenvalue weighted by Gasteiger charge is 2.58. The van der Waals surface area contributed by atoms with E-state index in [0.29, 0.717) is 18.1 Å². The number of halogens is 1. The van der Waals surface area contributed by atoms with Crippen molar-refractivity contribution in [3.8, 4) is 0 Å². The van der Waals surface area contributed by atoms with Crippen molar-refractivity contribution in [2.24, 2.45) is 0 Å². The molecule has 37 heavy (non-hydrogen) atoms. The van der Waals surface area contributed by atoms with Gasteiger partial charge in [-0.1, -0.05) is 23.7 Å². The predicted molar refractivity (Wildman–Crippen MR) is 144 cm³/mol. The molecule has 1 spiro atoms. The first-order valence-electron chi connectivity index (χ1n) is 12.1. The predicted octanol–water partition coefficient (Wildman–Crippen LogP) is 3.61. The van der Waals surface area contributed by atoms with Gasteiger partial charge in [0.05, 0.1) is 10.6 Å². The zero-order chi connectivity index (χ0) is 26.4. The van der Waals surface area contributed by atoms with E-state index in [4.69, 9.17) is 11.6 Å². The molecule has 1 amide bonds. The number of pyridine rings is 1. The standard InChI is InChI=1S/C26H28ClN3O5S2/c1-19-15-23(7-10-28-19)29-12-8-26(9-13-29)30(25(31)18-37(26,34)35)11-2-14-36(32,33)24-6-4-20-16-22(27)5-3-21(20)17-24/h3-7,10,15-17H,2,8-9,11-14,18H2,1H3. The lowest BCUT2D eigenvalue weighted by Gasteiger charge is -2.44.